The van der Waals surface area contributed by atoms with Crippen molar-refractivity contribution in [3.05, 3.63) is 94.7 Å². The quantitative estimate of drug-likeness (QED) is 0.111. The number of halogens is 6. The van der Waals surface area contributed by atoms with Gasteiger partial charge < -0.3 is 39.4 Å². The molecule has 0 radical (unpaired) electrons. The number of aromatic hydroxyl groups is 4. The summed E-state index contributed by atoms with van der Waals surface area (Å²) in [4.78, 5) is 23.8. The lowest BCUT2D eigenvalue weighted by Crippen LogP contribution is -2.01. The zero-order valence-corrected chi connectivity index (χ0v) is 34.6. The number of nitrogens with zero attached hydrogens (tertiary/aromatic N) is 6. The Labute approximate surface area is 354 Å². The highest BCUT2D eigenvalue weighted by atomic mass is 35.8. The average Bonchev–Trinajstić information content (AvgIpc) is 3.14. The van der Waals surface area contributed by atoms with E-state index in [4.69, 9.17) is 89.0 Å². The van der Waals surface area contributed by atoms with E-state index in [1.54, 1.807) is 67.8 Å². The second kappa shape index (κ2) is 23.6. The minimum Gasteiger partial charge on any atom is -0.508 e. The normalized spacial score (nSPS) is 9.75. The zero-order chi connectivity index (χ0) is 40.7. The molecule has 0 aliphatic carbocycles. The van der Waals surface area contributed by atoms with E-state index in [2.05, 4.69) is 29.9 Å². The van der Waals surface area contributed by atoms with E-state index in [-0.39, 0.29) is 63.7 Å². The Balaban J connectivity index is 0.000000381. The van der Waals surface area contributed by atoms with Gasteiger partial charge in [-0.3, -0.25) is 0 Å². The monoisotopic (exact) mass is 902 g/mol. The second-order valence-corrected chi connectivity index (χ2v) is 17.5. The molecular weight excluding hydrogens is 872 g/mol. The van der Waals surface area contributed by atoms with Gasteiger partial charge in [0.15, 0.2) is 17.5 Å². The van der Waals surface area contributed by atoms with Crippen LogP contribution in [0.15, 0.2) is 78.9 Å². The Kier molecular flexibility index (Phi) is 20.1. The molecule has 0 saturated carbocycles. The van der Waals surface area contributed by atoms with Crippen molar-refractivity contribution in [2.24, 2.45) is 0 Å². The van der Waals surface area contributed by atoms with Crippen LogP contribution in [0.5, 0.6) is 46.0 Å². The zero-order valence-electron chi connectivity index (χ0n) is 29.0. The third-order valence-electron chi connectivity index (χ3n) is 6.58. The topological polar surface area (TPSA) is 195 Å². The van der Waals surface area contributed by atoms with Crippen LogP contribution in [0.2, 0.25) is 15.9 Å². The van der Waals surface area contributed by atoms with E-state index in [1.807, 2.05) is 0 Å². The van der Waals surface area contributed by atoms with Crippen molar-refractivity contribution in [1.29, 1.82) is 0 Å². The summed E-state index contributed by atoms with van der Waals surface area (Å²) in [5.74, 6) is 2.41. The maximum absolute atomic E-state index is 10.5. The number of phenols is 4. The second-order valence-electron chi connectivity index (χ2n) is 10.0. The molecular formula is C35H33AlCl6N6O8. The van der Waals surface area contributed by atoms with E-state index in [9.17, 15) is 15.3 Å². The summed E-state index contributed by atoms with van der Waals surface area (Å²) in [7, 11) is 20.9. The Morgan fingerprint density at radius 1 is 0.446 bits per heavy atom. The molecule has 6 rings (SSSR count). The number of phenolic OH excluding ortho intramolecular Hbond substituents is 4. The summed E-state index contributed by atoms with van der Waals surface area (Å²) < 4.78 is 20.3. The highest BCUT2D eigenvalue weighted by molar-refractivity contribution is 7.54. The van der Waals surface area contributed by atoms with Crippen LogP contribution in [-0.4, -0.2) is 90.2 Å². The van der Waals surface area contributed by atoms with E-state index < -0.39 is 11.4 Å². The van der Waals surface area contributed by atoms with E-state index in [0.29, 0.717) is 39.7 Å². The first-order chi connectivity index (χ1) is 26.2. The minimum atomic E-state index is -1.72. The molecule has 0 aliphatic rings. The van der Waals surface area contributed by atoms with Crippen LogP contribution in [0, 0.1) is 0 Å². The van der Waals surface area contributed by atoms with Crippen LogP contribution in [0.3, 0.4) is 0 Å². The van der Waals surface area contributed by atoms with Crippen molar-refractivity contribution in [3.63, 3.8) is 0 Å². The molecule has 296 valence electrons. The van der Waals surface area contributed by atoms with Crippen molar-refractivity contribution in [2.75, 3.05) is 28.4 Å². The van der Waals surface area contributed by atoms with E-state index in [0.717, 1.165) is 0 Å². The first-order valence-electron chi connectivity index (χ1n) is 15.0. The van der Waals surface area contributed by atoms with Gasteiger partial charge in [0, 0.05) is 24.3 Å². The fraction of sp³-hybridized carbons (Fsp3) is 0.143. The van der Waals surface area contributed by atoms with Gasteiger partial charge in [0.1, 0.15) is 46.0 Å². The summed E-state index contributed by atoms with van der Waals surface area (Å²) in [6.07, 6.45) is 0. The molecule has 0 amide bonds. The van der Waals surface area contributed by atoms with Crippen LogP contribution >= 0.6 is 65.0 Å². The largest absolute Gasteiger partial charge is 0.643 e. The number of hydrogen-bond acceptors (Lipinski definition) is 14. The standard InChI is InChI=1S/C24H21N3O6.C7H8O2.C3Cl3N3.CH4.Al.3ClH/c1-31-13-4-7-16(19(28)10-13)22-25-23(17-8-5-14(32-2)11-20(17)29)27-24(26-22)18-9-6-15(33-3)12-21(18)30;1-9-7-4-2-3-6(8)5-7;4-1-7-2(5)9-3(6)8-1;;;;;/h4-12,28-30H,1-3H3;2-5,8H,1H3;;1H4;;3*1H/q;;;;+3;;;/p-3. The lowest BCUT2D eigenvalue weighted by atomic mass is 10.1. The molecule has 4 aromatic carbocycles. The molecule has 21 heteroatoms. The molecule has 0 spiro atoms. The molecule has 0 unspecified atom stereocenters. The summed E-state index contributed by atoms with van der Waals surface area (Å²) in [6.45, 7) is 0. The molecule has 0 saturated heterocycles. The molecule has 6 aromatic rings. The lowest BCUT2D eigenvalue weighted by molar-refractivity contribution is 0.407. The molecule has 2 heterocycles. The number of aromatic nitrogens is 6. The van der Waals surface area contributed by atoms with Crippen LogP contribution in [0.25, 0.3) is 34.2 Å². The first kappa shape index (κ1) is 47.7. The Morgan fingerprint density at radius 3 is 0.964 bits per heavy atom. The summed E-state index contributed by atoms with van der Waals surface area (Å²) >= 11 is 14.2. The maximum atomic E-state index is 10.5. The van der Waals surface area contributed by atoms with Crippen molar-refractivity contribution in [1.82, 2.24) is 29.9 Å². The van der Waals surface area contributed by atoms with Gasteiger partial charge in [-0.1, -0.05) is 13.5 Å². The molecule has 0 atom stereocenters. The fourth-order valence-corrected chi connectivity index (χ4v) is 4.74. The predicted molar refractivity (Wildman–Crippen MR) is 220 cm³/mol. The summed E-state index contributed by atoms with van der Waals surface area (Å²) in [5, 5.41) is 40.5. The van der Waals surface area contributed by atoms with Crippen molar-refractivity contribution in [2.45, 2.75) is 7.43 Å². The van der Waals surface area contributed by atoms with Crippen LogP contribution in [0.4, 0.5) is 0 Å². The highest BCUT2D eigenvalue weighted by Crippen LogP contribution is 2.37. The van der Waals surface area contributed by atoms with Crippen molar-refractivity contribution < 1.29 is 39.4 Å². The van der Waals surface area contributed by atoms with Gasteiger partial charge in [0.25, 0.3) is 0 Å². The predicted octanol–water partition coefficient (Wildman–Crippen LogP) is 9.57. The Bertz CT molecular complexity index is 1970. The van der Waals surface area contributed by atoms with Gasteiger partial charge in [-0.05, 0) is 83.3 Å². The van der Waals surface area contributed by atoms with Crippen molar-refractivity contribution >= 4 is 76.3 Å². The van der Waals surface area contributed by atoms with Gasteiger partial charge >= 0.3 is 11.4 Å². The molecule has 2 aromatic heterocycles. The minimum absolute atomic E-state index is 0. The van der Waals surface area contributed by atoms with E-state index in [1.165, 1.54) is 39.5 Å². The molecule has 0 bridgehead atoms. The van der Waals surface area contributed by atoms with Gasteiger partial charge in [-0.15, -0.1) is 0 Å². The van der Waals surface area contributed by atoms with Gasteiger partial charge in [-0.25, -0.2) is 45.1 Å². The number of methoxy groups -OCH3 is 4. The van der Waals surface area contributed by atoms with Gasteiger partial charge in [-0.2, -0.15) is 15.0 Å². The number of hydrogen-bond donors (Lipinski definition) is 4. The number of benzene rings is 4. The lowest BCUT2D eigenvalue weighted by Gasteiger charge is -2.12. The van der Waals surface area contributed by atoms with Crippen LogP contribution in [0.1, 0.15) is 7.43 Å². The van der Waals surface area contributed by atoms with Crippen LogP contribution < -0.4 is 18.9 Å². The Morgan fingerprint density at radius 2 is 0.732 bits per heavy atom. The summed E-state index contributed by atoms with van der Waals surface area (Å²) in [5.41, 5.74) is 0.963. The van der Waals surface area contributed by atoms with Crippen LogP contribution in [-0.2, 0) is 0 Å². The molecule has 0 fully saturated rings. The number of ether oxygens (including phenoxy) is 4. The molecule has 4 N–H and O–H groups in total. The SMILES string of the molecule is C.COc1ccc(-c2nc(-c3ccc(OC)cc3O)nc(-c3ccc(OC)cc3O)n2)c(O)c1.COc1cccc(O)c1.Clc1nc(Cl)nc(Cl)n1.[Cl][Al]([Cl])[Cl]. The third-order valence-corrected chi connectivity index (χ3v) is 7.09. The van der Waals surface area contributed by atoms with Gasteiger partial charge in [0.2, 0.25) is 15.9 Å². The molecule has 14 nitrogen and oxygen atoms in total. The van der Waals surface area contributed by atoms with Crippen molar-refractivity contribution in [3.8, 4) is 80.2 Å². The van der Waals surface area contributed by atoms with Gasteiger partial charge in [0.05, 0.1) is 45.1 Å². The fourth-order valence-electron chi connectivity index (χ4n) is 4.13. The average molecular weight is 905 g/mol. The third kappa shape index (κ3) is 14.9. The Hall–Kier alpha value is -4.43. The summed E-state index contributed by atoms with van der Waals surface area (Å²) in [6, 6.07) is 20.8. The highest BCUT2D eigenvalue weighted by Gasteiger charge is 2.19. The molecule has 56 heavy (non-hydrogen) atoms. The molecule has 0 aliphatic heterocycles. The smallest absolute Gasteiger partial charge is 0.508 e. The first-order valence-corrected chi connectivity index (χ1v) is 21.4. The maximum Gasteiger partial charge on any atom is 0.643 e. The van der Waals surface area contributed by atoms with E-state index >= 15 is 0 Å². The number of rotatable bonds is 7.